The lowest BCUT2D eigenvalue weighted by Crippen LogP contribution is -2.34. The van der Waals surface area contributed by atoms with Gasteiger partial charge in [-0.1, -0.05) is 233 Å². The van der Waals surface area contributed by atoms with E-state index in [2.05, 4.69) is 43.8 Å². The zero-order valence-corrected chi connectivity index (χ0v) is 34.5. The molecule has 1 heteroatoms. The highest BCUT2D eigenvalue weighted by atomic mass is 14.9. The normalized spacial score (nSPS) is 11.6. The second-order valence-corrected chi connectivity index (χ2v) is 16.3. The molecule has 0 bridgehead atoms. The van der Waals surface area contributed by atoms with Gasteiger partial charge in [-0.25, -0.2) is 4.57 Å². The minimum Gasteiger partial charge on any atom is -0.205 e. The molecule has 0 fully saturated rings. The molecule has 0 unspecified atom stereocenters. The number of pyridine rings is 1. The van der Waals surface area contributed by atoms with E-state index in [0.29, 0.717) is 0 Å². The first-order chi connectivity index (χ1) is 24.3. The van der Waals surface area contributed by atoms with E-state index in [1.807, 2.05) is 0 Å². The van der Waals surface area contributed by atoms with Crippen LogP contribution >= 0.6 is 0 Å². The van der Waals surface area contributed by atoms with Crippen LogP contribution in [-0.4, -0.2) is 0 Å². The summed E-state index contributed by atoms with van der Waals surface area (Å²) in [6, 6.07) is 2.58. The van der Waals surface area contributed by atoms with Crippen molar-refractivity contribution in [3.05, 3.63) is 29.6 Å². The van der Waals surface area contributed by atoms with E-state index in [-0.39, 0.29) is 0 Å². The van der Waals surface area contributed by atoms with Crippen LogP contribution in [0, 0.1) is 0 Å². The standard InChI is InChI=1S/C48H92N/c1-4-7-10-13-16-19-22-23-24-25-26-27-28-31-34-37-40-43-49-45-47(41-38-35-32-29-20-17-14-11-8-5-2)44-48(46-49)42-39-36-33-30-21-18-15-12-9-6-3/h44-46H,4-43H2,1-3H3/q+1. The molecule has 0 amide bonds. The summed E-state index contributed by atoms with van der Waals surface area (Å²) < 4.78 is 2.59. The predicted molar refractivity (Wildman–Crippen MR) is 222 cm³/mol. The Hall–Kier alpha value is -0.850. The molecule has 288 valence electrons. The van der Waals surface area contributed by atoms with Crippen LogP contribution in [0.15, 0.2) is 18.5 Å². The van der Waals surface area contributed by atoms with Crippen LogP contribution < -0.4 is 4.57 Å². The average Bonchev–Trinajstić information content (AvgIpc) is 3.11. The number of aromatic nitrogens is 1. The number of rotatable bonds is 40. The van der Waals surface area contributed by atoms with Crippen molar-refractivity contribution in [2.45, 2.75) is 278 Å². The third-order valence-corrected chi connectivity index (χ3v) is 11.2. The van der Waals surface area contributed by atoms with Gasteiger partial charge in [0.1, 0.15) is 6.54 Å². The molecular formula is C48H92N+. The Kier molecular flexibility index (Phi) is 36.2. The van der Waals surface area contributed by atoms with Crippen LogP contribution in [0.4, 0.5) is 0 Å². The van der Waals surface area contributed by atoms with Gasteiger partial charge in [0.05, 0.1) is 0 Å². The van der Waals surface area contributed by atoms with Crippen molar-refractivity contribution < 1.29 is 4.57 Å². The summed E-state index contributed by atoms with van der Waals surface area (Å²) in [6.45, 7) is 8.16. The second kappa shape index (κ2) is 38.4. The molecule has 0 atom stereocenters. The molecular weight excluding hydrogens is 591 g/mol. The van der Waals surface area contributed by atoms with Gasteiger partial charge in [-0.3, -0.25) is 0 Å². The molecule has 1 rings (SSSR count). The monoisotopic (exact) mass is 683 g/mol. The Morgan fingerprint density at radius 3 is 0.776 bits per heavy atom. The summed E-state index contributed by atoms with van der Waals surface area (Å²) in [5, 5.41) is 0. The molecule has 0 aliphatic heterocycles. The van der Waals surface area contributed by atoms with Crippen LogP contribution in [0.1, 0.15) is 269 Å². The van der Waals surface area contributed by atoms with Crippen molar-refractivity contribution in [1.82, 2.24) is 0 Å². The van der Waals surface area contributed by atoms with Crippen LogP contribution in [0.25, 0.3) is 0 Å². The highest BCUT2D eigenvalue weighted by molar-refractivity contribution is 5.15. The SMILES string of the molecule is CCCCCCCCCCCCCCCCCCC[n+]1cc(CCCCCCCCCCCC)cc(CCCCCCCCCCCC)c1. The lowest BCUT2D eigenvalue weighted by molar-refractivity contribution is -0.698. The van der Waals surface area contributed by atoms with E-state index in [4.69, 9.17) is 0 Å². The number of aryl methyl sites for hydroxylation is 3. The van der Waals surface area contributed by atoms with Crippen molar-refractivity contribution in [3.63, 3.8) is 0 Å². The van der Waals surface area contributed by atoms with Gasteiger partial charge < -0.3 is 0 Å². The quantitative estimate of drug-likeness (QED) is 0.0479. The number of hydrogen-bond acceptors (Lipinski definition) is 0. The highest BCUT2D eigenvalue weighted by Gasteiger charge is 2.09. The maximum atomic E-state index is 2.59. The molecule has 1 aromatic heterocycles. The first-order valence-corrected chi connectivity index (χ1v) is 23.3. The van der Waals surface area contributed by atoms with Crippen molar-refractivity contribution in [2.24, 2.45) is 0 Å². The largest absolute Gasteiger partial charge is 0.205 e. The Morgan fingerprint density at radius 1 is 0.286 bits per heavy atom. The topological polar surface area (TPSA) is 3.88 Å². The van der Waals surface area contributed by atoms with Crippen LogP contribution in [0.5, 0.6) is 0 Å². The summed E-state index contributed by atoms with van der Waals surface area (Å²) in [5.74, 6) is 0. The molecule has 49 heavy (non-hydrogen) atoms. The van der Waals surface area contributed by atoms with Crippen molar-refractivity contribution in [2.75, 3.05) is 0 Å². The lowest BCUT2D eigenvalue weighted by Gasteiger charge is -2.07. The fraction of sp³-hybridized carbons (Fsp3) is 0.896. The number of hydrogen-bond donors (Lipinski definition) is 0. The second-order valence-electron chi connectivity index (χ2n) is 16.3. The van der Waals surface area contributed by atoms with E-state index >= 15 is 0 Å². The maximum Gasteiger partial charge on any atom is 0.171 e. The molecule has 0 saturated carbocycles. The van der Waals surface area contributed by atoms with Crippen LogP contribution in [0.3, 0.4) is 0 Å². The summed E-state index contributed by atoms with van der Waals surface area (Å²) >= 11 is 0. The van der Waals surface area contributed by atoms with Gasteiger partial charge in [0, 0.05) is 17.5 Å². The van der Waals surface area contributed by atoms with E-state index in [1.165, 1.54) is 257 Å². The van der Waals surface area contributed by atoms with Gasteiger partial charge in [-0.2, -0.15) is 0 Å². The van der Waals surface area contributed by atoms with Crippen LogP contribution in [0.2, 0.25) is 0 Å². The van der Waals surface area contributed by atoms with Gasteiger partial charge in [-0.15, -0.1) is 0 Å². The molecule has 0 radical (unpaired) electrons. The van der Waals surface area contributed by atoms with Gasteiger partial charge in [0.15, 0.2) is 12.4 Å². The molecule has 1 nitrogen and oxygen atoms in total. The summed E-state index contributed by atoms with van der Waals surface area (Å²) in [5.41, 5.74) is 3.22. The Labute approximate surface area is 311 Å². The highest BCUT2D eigenvalue weighted by Crippen LogP contribution is 2.17. The van der Waals surface area contributed by atoms with Crippen LogP contribution in [-0.2, 0) is 19.4 Å². The zero-order chi connectivity index (χ0) is 35.1. The van der Waals surface area contributed by atoms with Gasteiger partial charge in [0.2, 0.25) is 0 Å². The fourth-order valence-electron chi connectivity index (χ4n) is 7.83. The van der Waals surface area contributed by atoms with Gasteiger partial charge in [-0.05, 0) is 38.2 Å². The molecule has 1 heterocycles. The smallest absolute Gasteiger partial charge is 0.171 e. The average molecular weight is 683 g/mol. The third-order valence-electron chi connectivity index (χ3n) is 11.2. The van der Waals surface area contributed by atoms with E-state index in [0.717, 1.165) is 0 Å². The molecule has 0 aliphatic carbocycles. The molecule has 1 aromatic rings. The van der Waals surface area contributed by atoms with E-state index in [9.17, 15) is 0 Å². The van der Waals surface area contributed by atoms with Gasteiger partial charge >= 0.3 is 0 Å². The fourth-order valence-corrected chi connectivity index (χ4v) is 7.83. The molecule has 0 spiro atoms. The van der Waals surface area contributed by atoms with Crippen molar-refractivity contribution in [3.8, 4) is 0 Å². The van der Waals surface area contributed by atoms with Crippen molar-refractivity contribution in [1.29, 1.82) is 0 Å². The predicted octanol–water partition coefficient (Wildman–Crippen LogP) is 16.6. The first kappa shape index (κ1) is 46.2. The third kappa shape index (κ3) is 32.8. The van der Waals surface area contributed by atoms with E-state index in [1.54, 1.807) is 11.1 Å². The van der Waals surface area contributed by atoms with E-state index < -0.39 is 0 Å². The number of nitrogens with zero attached hydrogens (tertiary/aromatic N) is 1. The molecule has 0 N–H and O–H groups in total. The molecule has 0 aliphatic rings. The van der Waals surface area contributed by atoms with Gasteiger partial charge in [0.25, 0.3) is 0 Å². The number of unbranched alkanes of at least 4 members (excludes halogenated alkanes) is 34. The van der Waals surface area contributed by atoms with Crippen molar-refractivity contribution >= 4 is 0 Å². The minimum atomic E-state index is 1.22. The Morgan fingerprint density at radius 2 is 0.510 bits per heavy atom. The Balaban J connectivity index is 2.26. The Bertz CT molecular complexity index is 726. The minimum absolute atomic E-state index is 1.22. The first-order valence-electron chi connectivity index (χ1n) is 23.3. The summed E-state index contributed by atoms with van der Waals surface area (Å²) in [6.07, 6.45) is 60.8. The summed E-state index contributed by atoms with van der Waals surface area (Å²) in [7, 11) is 0. The molecule has 0 saturated heterocycles. The zero-order valence-electron chi connectivity index (χ0n) is 34.5. The summed E-state index contributed by atoms with van der Waals surface area (Å²) in [4.78, 5) is 0. The molecule has 0 aromatic carbocycles. The maximum absolute atomic E-state index is 2.59. The lowest BCUT2D eigenvalue weighted by atomic mass is 10.0.